The number of pyridine rings is 1. The van der Waals surface area contributed by atoms with Gasteiger partial charge in [0.2, 0.25) is 10.0 Å². The van der Waals surface area contributed by atoms with Crippen molar-refractivity contribution in [3.8, 4) is 11.5 Å². The summed E-state index contributed by atoms with van der Waals surface area (Å²) in [6.45, 7) is 0.910. The Balaban J connectivity index is 1.60. The molecule has 0 atom stereocenters. The maximum atomic E-state index is 12.3. The summed E-state index contributed by atoms with van der Waals surface area (Å²) in [5.74, 6) is 0.752. The van der Waals surface area contributed by atoms with Crippen molar-refractivity contribution in [2.24, 2.45) is 0 Å². The zero-order chi connectivity index (χ0) is 16.1. The Labute approximate surface area is 137 Å². The molecule has 1 aliphatic rings. The molecule has 0 amide bonds. The SMILES string of the molecule is O=S(=O)(NCCn1ccnc1-c1ccccn1)C1CCCCC1. The van der Waals surface area contributed by atoms with Crippen LogP contribution in [0.2, 0.25) is 0 Å². The number of hydrogen-bond donors (Lipinski definition) is 1. The van der Waals surface area contributed by atoms with Crippen LogP contribution in [0.5, 0.6) is 0 Å². The van der Waals surface area contributed by atoms with Gasteiger partial charge in [-0.05, 0) is 25.0 Å². The summed E-state index contributed by atoms with van der Waals surface area (Å²) < 4.78 is 29.3. The molecule has 2 aromatic rings. The highest BCUT2D eigenvalue weighted by atomic mass is 32.2. The average molecular weight is 334 g/mol. The van der Waals surface area contributed by atoms with Gasteiger partial charge in [0.1, 0.15) is 5.69 Å². The summed E-state index contributed by atoms with van der Waals surface area (Å²) in [7, 11) is -3.21. The van der Waals surface area contributed by atoms with Crippen LogP contribution < -0.4 is 4.72 Å². The van der Waals surface area contributed by atoms with Crippen LogP contribution in [0.15, 0.2) is 36.8 Å². The highest BCUT2D eigenvalue weighted by Gasteiger charge is 2.26. The molecule has 0 bridgehead atoms. The van der Waals surface area contributed by atoms with E-state index in [1.165, 1.54) is 0 Å². The van der Waals surface area contributed by atoms with Gasteiger partial charge in [0.15, 0.2) is 5.82 Å². The predicted octanol–water partition coefficient (Wildman–Crippen LogP) is 2.20. The highest BCUT2D eigenvalue weighted by Crippen LogP contribution is 2.23. The lowest BCUT2D eigenvalue weighted by Gasteiger charge is -2.22. The van der Waals surface area contributed by atoms with Crippen LogP contribution in [0.1, 0.15) is 32.1 Å². The number of nitrogens with zero attached hydrogens (tertiary/aromatic N) is 3. The molecule has 23 heavy (non-hydrogen) atoms. The van der Waals surface area contributed by atoms with Crippen molar-refractivity contribution in [1.29, 1.82) is 0 Å². The normalized spacial score (nSPS) is 16.5. The second kappa shape index (κ2) is 7.23. The van der Waals surface area contributed by atoms with Crippen LogP contribution in [-0.2, 0) is 16.6 Å². The summed E-state index contributed by atoms with van der Waals surface area (Å²) in [6, 6.07) is 5.66. The van der Waals surface area contributed by atoms with Crippen LogP contribution in [0, 0.1) is 0 Å². The number of sulfonamides is 1. The van der Waals surface area contributed by atoms with E-state index in [0.717, 1.165) is 43.6 Å². The number of aromatic nitrogens is 3. The van der Waals surface area contributed by atoms with Gasteiger partial charge in [-0.25, -0.2) is 18.1 Å². The van der Waals surface area contributed by atoms with Gasteiger partial charge < -0.3 is 4.57 Å². The summed E-state index contributed by atoms with van der Waals surface area (Å²) in [5.41, 5.74) is 0.785. The standard InChI is InChI=1S/C16H22N4O2S/c21-23(22,14-6-2-1-3-7-14)19-11-13-20-12-10-18-16(20)15-8-4-5-9-17-15/h4-5,8-10,12,14,19H,1-3,6-7,11,13H2. The lowest BCUT2D eigenvalue weighted by Crippen LogP contribution is -2.37. The third kappa shape index (κ3) is 3.97. The molecule has 124 valence electrons. The molecule has 0 saturated heterocycles. The van der Waals surface area contributed by atoms with Crippen molar-refractivity contribution in [2.45, 2.75) is 43.9 Å². The molecular formula is C16H22N4O2S. The molecule has 1 saturated carbocycles. The van der Waals surface area contributed by atoms with E-state index >= 15 is 0 Å². The molecule has 1 fully saturated rings. The van der Waals surface area contributed by atoms with Crippen LogP contribution in [-0.4, -0.2) is 34.7 Å². The first kappa shape index (κ1) is 16.1. The largest absolute Gasteiger partial charge is 0.328 e. The van der Waals surface area contributed by atoms with Crippen molar-refractivity contribution in [3.05, 3.63) is 36.8 Å². The molecule has 2 aromatic heterocycles. The third-order valence-electron chi connectivity index (χ3n) is 4.26. The lowest BCUT2D eigenvalue weighted by atomic mass is 10.0. The lowest BCUT2D eigenvalue weighted by molar-refractivity contribution is 0.476. The zero-order valence-electron chi connectivity index (χ0n) is 13.1. The van der Waals surface area contributed by atoms with E-state index in [-0.39, 0.29) is 5.25 Å². The Kier molecular flexibility index (Phi) is 5.07. The molecule has 0 spiro atoms. The minimum Gasteiger partial charge on any atom is -0.328 e. The summed E-state index contributed by atoms with van der Waals surface area (Å²) in [5, 5.41) is -0.228. The molecule has 2 heterocycles. The molecule has 3 rings (SSSR count). The molecule has 0 radical (unpaired) electrons. The fourth-order valence-electron chi connectivity index (χ4n) is 3.02. The van der Waals surface area contributed by atoms with Gasteiger partial charge >= 0.3 is 0 Å². The maximum Gasteiger partial charge on any atom is 0.214 e. The highest BCUT2D eigenvalue weighted by molar-refractivity contribution is 7.90. The Hall–Kier alpha value is -1.73. The van der Waals surface area contributed by atoms with Crippen LogP contribution >= 0.6 is 0 Å². The smallest absolute Gasteiger partial charge is 0.214 e. The monoisotopic (exact) mass is 334 g/mol. The average Bonchev–Trinajstić information content (AvgIpc) is 3.05. The van der Waals surface area contributed by atoms with Gasteiger partial charge in [0, 0.05) is 31.7 Å². The first-order valence-corrected chi connectivity index (χ1v) is 9.62. The number of rotatable bonds is 6. The topological polar surface area (TPSA) is 76.9 Å². The fraction of sp³-hybridized carbons (Fsp3) is 0.500. The van der Waals surface area contributed by atoms with Crippen molar-refractivity contribution in [3.63, 3.8) is 0 Å². The second-order valence-corrected chi connectivity index (χ2v) is 7.90. The Morgan fingerprint density at radius 2 is 1.96 bits per heavy atom. The van der Waals surface area contributed by atoms with Gasteiger partial charge in [-0.1, -0.05) is 25.3 Å². The quantitative estimate of drug-likeness (QED) is 0.878. The molecule has 7 heteroatoms. The van der Waals surface area contributed by atoms with E-state index in [4.69, 9.17) is 0 Å². The minimum atomic E-state index is -3.21. The zero-order valence-corrected chi connectivity index (χ0v) is 13.9. The van der Waals surface area contributed by atoms with Crippen LogP contribution in [0.3, 0.4) is 0 Å². The maximum absolute atomic E-state index is 12.3. The fourth-order valence-corrected chi connectivity index (χ4v) is 4.58. The Bertz CT molecular complexity index is 722. The van der Waals surface area contributed by atoms with Gasteiger partial charge in [-0.3, -0.25) is 4.98 Å². The number of hydrogen-bond acceptors (Lipinski definition) is 4. The molecule has 1 N–H and O–H groups in total. The molecule has 1 aliphatic carbocycles. The molecule has 6 nitrogen and oxygen atoms in total. The Morgan fingerprint density at radius 3 is 2.70 bits per heavy atom. The van der Waals surface area contributed by atoms with Crippen molar-refractivity contribution in [2.75, 3.05) is 6.54 Å². The summed E-state index contributed by atoms with van der Waals surface area (Å²) in [6.07, 6.45) is 10.0. The first-order valence-electron chi connectivity index (χ1n) is 8.08. The van der Waals surface area contributed by atoms with E-state index in [1.807, 2.05) is 29.0 Å². The number of imidazole rings is 1. The van der Waals surface area contributed by atoms with Gasteiger partial charge in [-0.2, -0.15) is 0 Å². The Morgan fingerprint density at radius 1 is 1.13 bits per heavy atom. The van der Waals surface area contributed by atoms with Crippen LogP contribution in [0.25, 0.3) is 11.5 Å². The van der Waals surface area contributed by atoms with Crippen molar-refractivity contribution >= 4 is 10.0 Å². The van der Waals surface area contributed by atoms with E-state index in [0.29, 0.717) is 13.1 Å². The van der Waals surface area contributed by atoms with Gasteiger partial charge in [0.05, 0.1) is 5.25 Å². The van der Waals surface area contributed by atoms with Crippen molar-refractivity contribution < 1.29 is 8.42 Å². The molecule has 0 unspecified atom stereocenters. The summed E-state index contributed by atoms with van der Waals surface area (Å²) in [4.78, 5) is 8.60. The minimum absolute atomic E-state index is 0.228. The second-order valence-electron chi connectivity index (χ2n) is 5.86. The summed E-state index contributed by atoms with van der Waals surface area (Å²) >= 11 is 0. The predicted molar refractivity (Wildman–Crippen MR) is 89.3 cm³/mol. The van der Waals surface area contributed by atoms with Gasteiger partial charge in [-0.15, -0.1) is 0 Å². The van der Waals surface area contributed by atoms with E-state index in [1.54, 1.807) is 12.4 Å². The molecular weight excluding hydrogens is 312 g/mol. The van der Waals surface area contributed by atoms with E-state index in [9.17, 15) is 8.42 Å². The van der Waals surface area contributed by atoms with Gasteiger partial charge in [0.25, 0.3) is 0 Å². The molecule has 0 aliphatic heterocycles. The van der Waals surface area contributed by atoms with E-state index < -0.39 is 10.0 Å². The van der Waals surface area contributed by atoms with Crippen LogP contribution in [0.4, 0.5) is 0 Å². The third-order valence-corrected chi connectivity index (χ3v) is 6.21. The molecule has 0 aromatic carbocycles. The van der Waals surface area contributed by atoms with E-state index in [2.05, 4.69) is 14.7 Å². The number of nitrogens with one attached hydrogen (secondary N) is 1. The van der Waals surface area contributed by atoms with Crippen molar-refractivity contribution in [1.82, 2.24) is 19.3 Å². The first-order chi connectivity index (χ1) is 11.2.